The van der Waals surface area contributed by atoms with Gasteiger partial charge >= 0.3 is 5.97 Å². The molecule has 0 saturated heterocycles. The van der Waals surface area contributed by atoms with Gasteiger partial charge in [0.05, 0.1) is 11.3 Å². The zero-order chi connectivity index (χ0) is 15.4. The molecule has 0 spiro atoms. The van der Waals surface area contributed by atoms with Gasteiger partial charge in [-0.1, -0.05) is 12.1 Å². The molecule has 0 aliphatic rings. The average Bonchev–Trinajstić information content (AvgIpc) is 2.86. The fourth-order valence-corrected chi connectivity index (χ4v) is 2.18. The molecule has 0 atom stereocenters. The third kappa shape index (κ3) is 3.54. The Labute approximate surface area is 123 Å². The highest BCUT2D eigenvalue weighted by Crippen LogP contribution is 2.20. The molecule has 108 valence electrons. The third-order valence-corrected chi connectivity index (χ3v) is 3.09. The number of benzene rings is 1. The molecule has 0 aliphatic carbocycles. The van der Waals surface area contributed by atoms with E-state index >= 15 is 0 Å². The molecule has 0 fully saturated rings. The predicted octanol–water partition coefficient (Wildman–Crippen LogP) is 0.998. The van der Waals surface area contributed by atoms with E-state index in [1.165, 1.54) is 17.5 Å². The van der Waals surface area contributed by atoms with Crippen LogP contribution >= 0.6 is 11.3 Å². The summed E-state index contributed by atoms with van der Waals surface area (Å²) < 4.78 is 0. The molecule has 0 saturated carbocycles. The number of hydrogen-bond donors (Lipinski definition) is 4. The summed E-state index contributed by atoms with van der Waals surface area (Å²) in [5.41, 5.74) is 10.7. The quantitative estimate of drug-likeness (QED) is 0.490. The zero-order valence-electron chi connectivity index (χ0n) is 10.6. The first kappa shape index (κ1) is 14.5. The predicted molar refractivity (Wildman–Crippen MR) is 78.9 cm³/mol. The maximum Gasteiger partial charge on any atom is 0.337 e. The summed E-state index contributed by atoms with van der Waals surface area (Å²) in [6.07, 6.45) is 0. The average molecular weight is 305 g/mol. The molecule has 0 unspecified atom stereocenters. The minimum atomic E-state index is -1.13. The molecular formula is C12H11N5O3S. The van der Waals surface area contributed by atoms with Crippen LogP contribution in [0, 0.1) is 0 Å². The van der Waals surface area contributed by atoms with Crippen LogP contribution in [0.25, 0.3) is 0 Å². The molecule has 6 N–H and O–H groups in total. The van der Waals surface area contributed by atoms with Gasteiger partial charge in [-0.05, 0) is 12.1 Å². The lowest BCUT2D eigenvalue weighted by atomic mass is 10.2. The second kappa shape index (κ2) is 6.01. The summed E-state index contributed by atoms with van der Waals surface area (Å²) in [5.74, 6) is -1.84. The van der Waals surface area contributed by atoms with Crippen molar-refractivity contribution in [2.45, 2.75) is 0 Å². The molecule has 2 aromatic rings. The minimum Gasteiger partial charge on any atom is -0.478 e. The first-order valence-corrected chi connectivity index (χ1v) is 6.54. The van der Waals surface area contributed by atoms with E-state index in [0.29, 0.717) is 0 Å². The van der Waals surface area contributed by atoms with Crippen LogP contribution in [0.2, 0.25) is 0 Å². The van der Waals surface area contributed by atoms with Crippen LogP contribution in [0.5, 0.6) is 0 Å². The molecule has 2 rings (SSSR count). The summed E-state index contributed by atoms with van der Waals surface area (Å²) >= 11 is 1.09. The van der Waals surface area contributed by atoms with E-state index in [9.17, 15) is 9.59 Å². The van der Waals surface area contributed by atoms with Gasteiger partial charge in [0, 0.05) is 5.38 Å². The van der Waals surface area contributed by atoms with Gasteiger partial charge in [0.2, 0.25) is 5.13 Å². The van der Waals surface area contributed by atoms with Crippen molar-refractivity contribution in [3.63, 3.8) is 0 Å². The number of aromatic carboxylic acids is 1. The Balaban J connectivity index is 2.21. The molecule has 0 aliphatic heterocycles. The lowest BCUT2D eigenvalue weighted by Gasteiger charge is -2.06. The smallest absolute Gasteiger partial charge is 0.337 e. The maximum atomic E-state index is 12.0. The monoisotopic (exact) mass is 305 g/mol. The topological polar surface area (TPSA) is 144 Å². The SMILES string of the molecule is NC(N)=Nc1nc(C(=O)Nc2ccccc2C(=O)O)cs1. The first-order valence-electron chi connectivity index (χ1n) is 5.66. The molecule has 1 heterocycles. The van der Waals surface area contributed by atoms with Gasteiger partial charge in [-0.25, -0.2) is 9.78 Å². The fourth-order valence-electron chi connectivity index (χ4n) is 1.50. The Morgan fingerprint density at radius 1 is 1.29 bits per heavy atom. The van der Waals surface area contributed by atoms with Crippen LogP contribution in [0.3, 0.4) is 0 Å². The van der Waals surface area contributed by atoms with Gasteiger partial charge < -0.3 is 21.9 Å². The normalized spacial score (nSPS) is 9.90. The summed E-state index contributed by atoms with van der Waals surface area (Å²) in [7, 11) is 0. The summed E-state index contributed by atoms with van der Waals surface area (Å²) in [6.45, 7) is 0. The first-order chi connectivity index (χ1) is 9.97. The second-order valence-electron chi connectivity index (χ2n) is 3.86. The maximum absolute atomic E-state index is 12.0. The number of nitrogens with two attached hydrogens (primary N) is 2. The highest BCUT2D eigenvalue weighted by atomic mass is 32.1. The van der Waals surface area contributed by atoms with Gasteiger partial charge in [0.15, 0.2) is 5.96 Å². The third-order valence-electron chi connectivity index (χ3n) is 2.36. The van der Waals surface area contributed by atoms with Gasteiger partial charge in [-0.3, -0.25) is 4.79 Å². The number of rotatable bonds is 4. The largest absolute Gasteiger partial charge is 0.478 e. The van der Waals surface area contributed by atoms with Crippen molar-refractivity contribution in [3.8, 4) is 0 Å². The van der Waals surface area contributed by atoms with Crippen LogP contribution in [-0.2, 0) is 0 Å². The number of carbonyl (C=O) groups excluding carboxylic acids is 1. The van der Waals surface area contributed by atoms with E-state index in [4.69, 9.17) is 16.6 Å². The van der Waals surface area contributed by atoms with Crippen molar-refractivity contribution in [1.29, 1.82) is 0 Å². The number of guanidine groups is 1. The number of nitrogens with zero attached hydrogens (tertiary/aromatic N) is 2. The van der Waals surface area contributed by atoms with Crippen LogP contribution in [0.1, 0.15) is 20.8 Å². The van der Waals surface area contributed by atoms with Gasteiger partial charge in [0.1, 0.15) is 5.69 Å². The number of aromatic nitrogens is 1. The highest BCUT2D eigenvalue weighted by molar-refractivity contribution is 7.13. The molecule has 1 aromatic carbocycles. The standard InChI is InChI=1S/C12H11N5O3S/c13-11(14)17-12-16-8(5-21-12)9(18)15-7-4-2-1-3-6(7)10(19)20/h1-5H,(H,15,18)(H,19,20)(H4,13,14,16,17). The van der Waals surface area contributed by atoms with Gasteiger partial charge in [-0.15, -0.1) is 11.3 Å². The number of hydrogen-bond acceptors (Lipinski definition) is 5. The van der Waals surface area contributed by atoms with Crippen LogP contribution in [0.4, 0.5) is 10.8 Å². The summed E-state index contributed by atoms with van der Waals surface area (Å²) in [4.78, 5) is 30.7. The summed E-state index contributed by atoms with van der Waals surface area (Å²) in [5, 5.41) is 13.2. The molecule has 0 bridgehead atoms. The highest BCUT2D eigenvalue weighted by Gasteiger charge is 2.15. The van der Waals surface area contributed by atoms with Crippen LogP contribution < -0.4 is 16.8 Å². The van der Waals surface area contributed by atoms with Gasteiger partial charge in [0.25, 0.3) is 5.91 Å². The van der Waals surface area contributed by atoms with Crippen molar-refractivity contribution < 1.29 is 14.7 Å². The number of carboxylic acids is 1. The van der Waals surface area contributed by atoms with E-state index in [0.717, 1.165) is 11.3 Å². The molecule has 0 radical (unpaired) electrons. The van der Waals surface area contributed by atoms with Crippen molar-refractivity contribution in [3.05, 3.63) is 40.9 Å². The number of para-hydroxylation sites is 1. The number of carboxylic acid groups (broad SMARTS) is 1. The molecule has 1 aromatic heterocycles. The lowest BCUT2D eigenvalue weighted by molar-refractivity contribution is 0.0698. The van der Waals surface area contributed by atoms with Crippen LogP contribution in [-0.4, -0.2) is 27.9 Å². The van der Waals surface area contributed by atoms with Crippen molar-refractivity contribution >= 4 is 40.0 Å². The van der Waals surface area contributed by atoms with Crippen molar-refractivity contribution in [2.24, 2.45) is 16.5 Å². The Kier molecular flexibility index (Phi) is 4.14. The molecule has 1 amide bonds. The Hall–Kier alpha value is -2.94. The van der Waals surface area contributed by atoms with Crippen molar-refractivity contribution in [2.75, 3.05) is 5.32 Å². The lowest BCUT2D eigenvalue weighted by Crippen LogP contribution is -2.21. The minimum absolute atomic E-state index is 0.00877. The zero-order valence-corrected chi connectivity index (χ0v) is 11.4. The number of amides is 1. The summed E-state index contributed by atoms with van der Waals surface area (Å²) in [6, 6.07) is 6.07. The molecule has 8 nitrogen and oxygen atoms in total. The Morgan fingerprint density at radius 3 is 2.67 bits per heavy atom. The number of aliphatic imine (C=N–C) groups is 1. The second-order valence-corrected chi connectivity index (χ2v) is 4.69. The number of thiazole rings is 1. The van der Waals surface area contributed by atoms with Crippen LogP contribution in [0.15, 0.2) is 34.6 Å². The van der Waals surface area contributed by atoms with E-state index in [-0.39, 0.29) is 28.0 Å². The number of carbonyl (C=O) groups is 2. The Bertz CT molecular complexity index is 721. The number of anilines is 1. The van der Waals surface area contributed by atoms with E-state index < -0.39 is 11.9 Å². The molecule has 9 heteroatoms. The molecular weight excluding hydrogens is 294 g/mol. The van der Waals surface area contributed by atoms with E-state index in [1.807, 2.05) is 0 Å². The van der Waals surface area contributed by atoms with E-state index in [2.05, 4.69) is 15.3 Å². The van der Waals surface area contributed by atoms with E-state index in [1.54, 1.807) is 12.1 Å². The number of nitrogens with one attached hydrogen (secondary N) is 1. The molecule has 21 heavy (non-hydrogen) atoms. The Morgan fingerprint density at radius 2 is 2.00 bits per heavy atom. The van der Waals surface area contributed by atoms with Gasteiger partial charge in [-0.2, -0.15) is 4.99 Å². The van der Waals surface area contributed by atoms with Crippen molar-refractivity contribution in [1.82, 2.24) is 4.98 Å². The fraction of sp³-hybridized carbons (Fsp3) is 0.